The first-order valence-electron chi connectivity index (χ1n) is 8.66. The molecule has 1 aromatic rings. The number of anilines is 1. The van der Waals surface area contributed by atoms with Crippen molar-refractivity contribution >= 4 is 28.2 Å². The molecule has 3 aliphatic carbocycles. The predicted octanol–water partition coefficient (Wildman–Crippen LogP) is 2.00. The summed E-state index contributed by atoms with van der Waals surface area (Å²) in [6, 6.07) is 0.0456. The van der Waals surface area contributed by atoms with Crippen LogP contribution in [0.2, 0.25) is 0 Å². The molecule has 0 unspecified atom stereocenters. The monoisotopic (exact) mass is 351 g/mol. The van der Waals surface area contributed by atoms with Crippen molar-refractivity contribution in [2.45, 2.75) is 50.7 Å². The molecule has 0 radical (unpaired) electrons. The highest BCUT2D eigenvalue weighted by Gasteiger charge is 2.44. The molecule has 4 N–H and O–H groups in total. The van der Waals surface area contributed by atoms with E-state index in [9.17, 15) is 14.0 Å². The van der Waals surface area contributed by atoms with Gasteiger partial charge in [0.1, 0.15) is 11.2 Å². The maximum Gasteiger partial charge on any atom is 0.254 e. The van der Waals surface area contributed by atoms with E-state index in [1.807, 2.05) is 0 Å². The lowest BCUT2D eigenvalue weighted by molar-refractivity contribution is -0.117. The molecule has 5 nitrogen and oxygen atoms in total. The number of hydrogen-bond acceptors (Lipinski definition) is 4. The first kappa shape index (κ1) is 16.0. The maximum absolute atomic E-state index is 13.1. The van der Waals surface area contributed by atoms with Crippen molar-refractivity contribution in [1.82, 2.24) is 5.32 Å². The lowest BCUT2D eigenvalue weighted by Crippen LogP contribution is -2.31. The zero-order valence-electron chi connectivity index (χ0n) is 13.4. The molecule has 4 rings (SSSR count). The number of alkyl halides is 1. The average Bonchev–Trinajstić information content (AvgIpc) is 3.44. The smallest absolute Gasteiger partial charge is 0.254 e. The third-order valence-corrected chi connectivity index (χ3v) is 6.27. The molecule has 3 atom stereocenters. The van der Waals surface area contributed by atoms with Crippen LogP contribution in [0, 0.1) is 11.8 Å². The lowest BCUT2D eigenvalue weighted by Gasteiger charge is -2.19. The van der Waals surface area contributed by atoms with Crippen molar-refractivity contribution < 1.29 is 14.0 Å². The van der Waals surface area contributed by atoms with Crippen molar-refractivity contribution in [2.24, 2.45) is 17.6 Å². The van der Waals surface area contributed by atoms with Crippen molar-refractivity contribution in [3.05, 3.63) is 16.0 Å². The van der Waals surface area contributed by atoms with Crippen molar-refractivity contribution in [2.75, 3.05) is 11.9 Å². The molecule has 0 spiro atoms. The van der Waals surface area contributed by atoms with Gasteiger partial charge in [-0.3, -0.25) is 9.59 Å². The summed E-state index contributed by atoms with van der Waals surface area (Å²) in [5.41, 5.74) is 7.59. The topological polar surface area (TPSA) is 84.2 Å². The van der Waals surface area contributed by atoms with Crippen LogP contribution >= 0.6 is 11.3 Å². The number of carbonyl (C=O) groups excluding carboxylic acids is 2. The van der Waals surface area contributed by atoms with Crippen LogP contribution in [0.5, 0.6) is 0 Å². The van der Waals surface area contributed by atoms with Gasteiger partial charge in [0.2, 0.25) is 5.91 Å². The van der Waals surface area contributed by atoms with E-state index in [1.54, 1.807) is 0 Å². The van der Waals surface area contributed by atoms with Crippen molar-refractivity contribution in [3.8, 4) is 0 Å². The molecule has 1 aromatic heterocycles. The van der Waals surface area contributed by atoms with E-state index in [4.69, 9.17) is 5.73 Å². The maximum atomic E-state index is 13.1. The minimum absolute atomic E-state index is 0.0456. The quantitative estimate of drug-likeness (QED) is 0.759. The van der Waals surface area contributed by atoms with E-state index in [-0.39, 0.29) is 24.3 Å². The fraction of sp³-hybridized carbons (Fsp3) is 0.647. The summed E-state index contributed by atoms with van der Waals surface area (Å²) in [5.74, 6) is -0.436. The van der Waals surface area contributed by atoms with Gasteiger partial charge in [0.15, 0.2) is 0 Å². The van der Waals surface area contributed by atoms with E-state index in [0.717, 1.165) is 36.1 Å². The SMILES string of the molecule is N[C@H]1CCc2sc(NC(=O)[C@H]3C[C@H]3F)c(C(=O)NCC3CC3)c2C1. The van der Waals surface area contributed by atoms with Crippen LogP contribution in [-0.4, -0.2) is 30.6 Å². The Kier molecular flexibility index (Phi) is 4.08. The number of hydrogen-bond donors (Lipinski definition) is 3. The standard InChI is InChI=1S/C17H22FN3O2S/c18-12-6-10(12)15(22)21-17-14(16(23)20-7-8-1-2-8)11-5-9(19)3-4-13(11)24-17/h8-10,12H,1-7,19H2,(H,20,23)(H,21,22)/t9-,10-,12+/m0/s1. The van der Waals surface area contributed by atoms with Gasteiger partial charge in [-0.25, -0.2) is 4.39 Å². The molecule has 2 amide bonds. The van der Waals surface area contributed by atoms with Crippen LogP contribution in [0.3, 0.4) is 0 Å². The Hall–Kier alpha value is -1.47. The van der Waals surface area contributed by atoms with Gasteiger partial charge in [0.05, 0.1) is 11.5 Å². The van der Waals surface area contributed by atoms with E-state index in [0.29, 0.717) is 29.4 Å². The van der Waals surface area contributed by atoms with Gasteiger partial charge in [0, 0.05) is 17.5 Å². The molecule has 2 fully saturated rings. The van der Waals surface area contributed by atoms with Gasteiger partial charge < -0.3 is 16.4 Å². The number of amides is 2. The summed E-state index contributed by atoms with van der Waals surface area (Å²) in [7, 11) is 0. The van der Waals surface area contributed by atoms with Crippen LogP contribution in [0.1, 0.15) is 46.5 Å². The van der Waals surface area contributed by atoms with Crippen molar-refractivity contribution in [1.29, 1.82) is 0 Å². The number of halogens is 1. The lowest BCUT2D eigenvalue weighted by atomic mass is 9.91. The normalized spacial score (nSPS) is 28.2. The average molecular weight is 351 g/mol. The molecule has 24 heavy (non-hydrogen) atoms. The fourth-order valence-corrected chi connectivity index (χ4v) is 4.47. The highest BCUT2D eigenvalue weighted by Crippen LogP contribution is 2.40. The number of aryl methyl sites for hydroxylation is 1. The Morgan fingerprint density at radius 2 is 2.04 bits per heavy atom. The van der Waals surface area contributed by atoms with E-state index < -0.39 is 12.1 Å². The Morgan fingerprint density at radius 1 is 1.29 bits per heavy atom. The van der Waals surface area contributed by atoms with E-state index >= 15 is 0 Å². The third-order valence-electron chi connectivity index (χ3n) is 5.06. The summed E-state index contributed by atoms with van der Waals surface area (Å²) in [4.78, 5) is 25.9. The van der Waals surface area contributed by atoms with E-state index in [2.05, 4.69) is 10.6 Å². The van der Waals surface area contributed by atoms with Crippen molar-refractivity contribution in [3.63, 3.8) is 0 Å². The Morgan fingerprint density at radius 3 is 2.71 bits per heavy atom. The van der Waals surface area contributed by atoms with Crippen LogP contribution < -0.4 is 16.4 Å². The zero-order chi connectivity index (χ0) is 16.8. The second kappa shape index (κ2) is 6.11. The summed E-state index contributed by atoms with van der Waals surface area (Å²) < 4.78 is 13.1. The Balaban J connectivity index is 1.58. The summed E-state index contributed by atoms with van der Waals surface area (Å²) in [6.45, 7) is 0.679. The number of thiophene rings is 1. The Bertz CT molecular complexity index is 686. The number of fused-ring (bicyclic) bond motifs is 1. The van der Waals surface area contributed by atoms with Crippen LogP contribution in [0.15, 0.2) is 0 Å². The molecule has 0 aliphatic heterocycles. The van der Waals surface area contributed by atoms with Gasteiger partial charge in [-0.1, -0.05) is 0 Å². The van der Waals surface area contributed by atoms with Crippen LogP contribution in [0.25, 0.3) is 0 Å². The minimum Gasteiger partial charge on any atom is -0.352 e. The first-order valence-corrected chi connectivity index (χ1v) is 9.47. The van der Waals surface area contributed by atoms with E-state index in [1.165, 1.54) is 11.3 Å². The summed E-state index contributed by atoms with van der Waals surface area (Å²) >= 11 is 1.45. The Labute approximate surface area is 144 Å². The molecule has 0 aromatic carbocycles. The fourth-order valence-electron chi connectivity index (χ4n) is 3.23. The second-order valence-corrected chi connectivity index (χ2v) is 8.32. The van der Waals surface area contributed by atoms with Gasteiger partial charge in [-0.05, 0) is 50.0 Å². The second-order valence-electron chi connectivity index (χ2n) is 7.21. The molecule has 0 saturated heterocycles. The third kappa shape index (κ3) is 3.19. The number of carbonyl (C=O) groups is 2. The minimum atomic E-state index is -1.04. The highest BCUT2D eigenvalue weighted by molar-refractivity contribution is 7.17. The molecule has 7 heteroatoms. The molecule has 0 bridgehead atoms. The molecule has 1 heterocycles. The summed E-state index contributed by atoms with van der Waals surface area (Å²) in [6.07, 6.45) is 3.94. The van der Waals surface area contributed by atoms with Crippen LogP contribution in [-0.2, 0) is 17.6 Å². The number of nitrogens with one attached hydrogen (secondary N) is 2. The van der Waals surface area contributed by atoms with Gasteiger partial charge in [-0.2, -0.15) is 0 Å². The number of nitrogens with two attached hydrogens (primary N) is 1. The summed E-state index contributed by atoms with van der Waals surface area (Å²) in [5, 5.41) is 6.34. The van der Waals surface area contributed by atoms with Gasteiger partial charge in [0.25, 0.3) is 5.91 Å². The predicted molar refractivity (Wildman–Crippen MR) is 91.0 cm³/mol. The molecule has 130 valence electrons. The number of rotatable bonds is 5. The molecular formula is C17H22FN3O2S. The largest absolute Gasteiger partial charge is 0.352 e. The van der Waals surface area contributed by atoms with Gasteiger partial charge >= 0.3 is 0 Å². The van der Waals surface area contributed by atoms with Crippen LogP contribution in [0.4, 0.5) is 9.39 Å². The molecular weight excluding hydrogens is 329 g/mol. The van der Waals surface area contributed by atoms with Gasteiger partial charge in [-0.15, -0.1) is 11.3 Å². The zero-order valence-corrected chi connectivity index (χ0v) is 14.3. The highest BCUT2D eigenvalue weighted by atomic mass is 32.1. The molecule has 3 aliphatic rings. The first-order chi connectivity index (χ1) is 11.5. The molecule has 2 saturated carbocycles.